The van der Waals surface area contributed by atoms with E-state index in [9.17, 15) is 19.6 Å². The molecule has 0 saturated carbocycles. The molecule has 0 aliphatic rings. The van der Waals surface area contributed by atoms with Crippen molar-refractivity contribution >= 4 is 24.0 Å². The third-order valence-electron chi connectivity index (χ3n) is 4.08. The number of hydrogen-bond donors (Lipinski definition) is 1. The van der Waals surface area contributed by atoms with Gasteiger partial charge in [0.05, 0.1) is 19.8 Å². The summed E-state index contributed by atoms with van der Waals surface area (Å²) in [7, 11) is 2.71. The average molecular weight is 391 g/mol. The number of carbonyl (C=O) groups is 3. The molecule has 0 unspecified atom stereocenters. The Balaban J connectivity index is 3.02. The first-order chi connectivity index (χ1) is 13.2. The number of ether oxygens (including phenoxy) is 3. The van der Waals surface area contributed by atoms with Crippen LogP contribution < -0.4 is 5.32 Å². The molecule has 1 heterocycles. The van der Waals surface area contributed by atoms with Crippen molar-refractivity contribution in [3.8, 4) is 6.07 Å². The van der Waals surface area contributed by atoms with Crippen molar-refractivity contribution in [1.29, 1.82) is 5.26 Å². The van der Waals surface area contributed by atoms with Gasteiger partial charge in [0.2, 0.25) is 0 Å². The molecule has 28 heavy (non-hydrogen) atoms. The van der Waals surface area contributed by atoms with E-state index in [1.807, 2.05) is 36.7 Å². The van der Waals surface area contributed by atoms with Crippen LogP contribution in [0.15, 0.2) is 11.6 Å². The number of aromatic nitrogens is 1. The van der Waals surface area contributed by atoms with E-state index in [1.165, 1.54) is 13.0 Å². The fourth-order valence-electron chi connectivity index (χ4n) is 2.77. The van der Waals surface area contributed by atoms with Crippen LogP contribution in [0.5, 0.6) is 0 Å². The lowest BCUT2D eigenvalue weighted by Crippen LogP contribution is -2.39. The summed E-state index contributed by atoms with van der Waals surface area (Å²) in [4.78, 5) is 35.0. The minimum atomic E-state index is -1.28. The Morgan fingerprint density at radius 2 is 1.93 bits per heavy atom. The predicted octanol–water partition coefficient (Wildman–Crippen LogP) is 2.03. The van der Waals surface area contributed by atoms with E-state index in [2.05, 4.69) is 4.74 Å². The van der Waals surface area contributed by atoms with Crippen LogP contribution in [0.3, 0.4) is 0 Å². The summed E-state index contributed by atoms with van der Waals surface area (Å²) in [6, 6.07) is 3.71. The molecular weight excluding hydrogens is 366 g/mol. The zero-order valence-electron chi connectivity index (χ0n) is 16.9. The molecule has 0 radical (unpaired) electrons. The van der Waals surface area contributed by atoms with Gasteiger partial charge in [-0.15, -0.1) is 0 Å². The fraction of sp³-hybridized carbons (Fsp3) is 0.474. The highest BCUT2D eigenvalue weighted by Crippen LogP contribution is 2.23. The number of nitrogens with zero attached hydrogens (tertiary/aromatic N) is 2. The molecule has 0 aromatic carbocycles. The van der Waals surface area contributed by atoms with Gasteiger partial charge in [-0.05, 0) is 45.4 Å². The van der Waals surface area contributed by atoms with Crippen LogP contribution in [0.25, 0.3) is 6.08 Å². The smallest absolute Gasteiger partial charge is 0.413 e. The summed E-state index contributed by atoms with van der Waals surface area (Å²) in [6.07, 6.45) is -0.843. The van der Waals surface area contributed by atoms with Crippen LogP contribution in [0.2, 0.25) is 0 Å². The number of alkyl carbamates (subject to hydrolysis) is 1. The molecule has 0 saturated heterocycles. The fourth-order valence-corrected chi connectivity index (χ4v) is 2.77. The number of amides is 2. The molecule has 0 aliphatic carbocycles. The second kappa shape index (κ2) is 10.3. The molecule has 2 amide bonds. The van der Waals surface area contributed by atoms with Gasteiger partial charge in [0.15, 0.2) is 6.10 Å². The van der Waals surface area contributed by atoms with Gasteiger partial charge in [-0.1, -0.05) is 0 Å². The monoisotopic (exact) mass is 391 g/mol. The first-order valence-corrected chi connectivity index (χ1v) is 8.55. The Labute approximate surface area is 163 Å². The van der Waals surface area contributed by atoms with E-state index in [0.29, 0.717) is 12.2 Å². The molecule has 0 spiro atoms. The number of hydrogen-bond acceptors (Lipinski definition) is 7. The molecule has 1 aromatic heterocycles. The Morgan fingerprint density at radius 1 is 1.29 bits per heavy atom. The molecule has 1 rings (SSSR count). The zero-order valence-corrected chi connectivity index (χ0v) is 16.9. The third kappa shape index (κ3) is 5.69. The van der Waals surface area contributed by atoms with Crippen molar-refractivity contribution in [1.82, 2.24) is 9.88 Å². The standard InChI is InChI=1S/C19H25N3O6/c1-11-7-15(13(3)22(11)12(2)10-26-5)8-16(9-20)18(24)28-14(4)17(23)21-19(25)27-6/h7-8,12,14H,10H2,1-6H3,(H,21,23,25)/b16-8+/t12-,14+/m0/s1. The maximum Gasteiger partial charge on any atom is 0.413 e. The molecule has 2 atom stereocenters. The summed E-state index contributed by atoms with van der Waals surface area (Å²) in [6.45, 7) is 7.58. The van der Waals surface area contributed by atoms with Gasteiger partial charge < -0.3 is 18.8 Å². The average Bonchev–Trinajstić information content (AvgIpc) is 2.92. The van der Waals surface area contributed by atoms with E-state index in [0.717, 1.165) is 18.5 Å². The Hall–Kier alpha value is -3.12. The minimum Gasteiger partial charge on any atom is -0.453 e. The second-order valence-electron chi connectivity index (χ2n) is 6.20. The summed E-state index contributed by atoms with van der Waals surface area (Å²) < 4.78 is 16.5. The molecule has 0 bridgehead atoms. The van der Waals surface area contributed by atoms with Gasteiger partial charge in [0, 0.05) is 18.5 Å². The van der Waals surface area contributed by atoms with E-state index < -0.39 is 24.1 Å². The molecule has 0 aliphatic heterocycles. The van der Waals surface area contributed by atoms with Gasteiger partial charge >= 0.3 is 12.1 Å². The van der Waals surface area contributed by atoms with E-state index in [1.54, 1.807) is 13.2 Å². The number of aryl methyl sites for hydroxylation is 1. The van der Waals surface area contributed by atoms with E-state index >= 15 is 0 Å². The van der Waals surface area contributed by atoms with Crippen LogP contribution in [0.4, 0.5) is 4.79 Å². The maximum absolute atomic E-state index is 12.3. The van der Waals surface area contributed by atoms with Crippen molar-refractivity contribution in [3.63, 3.8) is 0 Å². The number of rotatable bonds is 7. The predicted molar refractivity (Wildman–Crippen MR) is 100 cm³/mol. The molecular formula is C19H25N3O6. The van der Waals surface area contributed by atoms with Crippen molar-refractivity contribution in [2.75, 3.05) is 20.8 Å². The minimum absolute atomic E-state index is 0.0756. The van der Waals surface area contributed by atoms with Gasteiger partial charge in [0.1, 0.15) is 11.6 Å². The number of carbonyl (C=O) groups excluding carboxylic acids is 3. The topological polar surface area (TPSA) is 120 Å². The van der Waals surface area contributed by atoms with E-state index in [4.69, 9.17) is 9.47 Å². The van der Waals surface area contributed by atoms with Crippen LogP contribution in [0, 0.1) is 25.2 Å². The summed E-state index contributed by atoms with van der Waals surface area (Å²) in [5, 5.41) is 11.2. The highest BCUT2D eigenvalue weighted by Gasteiger charge is 2.23. The molecule has 0 fully saturated rings. The van der Waals surface area contributed by atoms with Crippen LogP contribution in [0.1, 0.15) is 36.8 Å². The second-order valence-corrected chi connectivity index (χ2v) is 6.20. The molecule has 9 nitrogen and oxygen atoms in total. The summed E-state index contributed by atoms with van der Waals surface area (Å²) >= 11 is 0. The summed E-state index contributed by atoms with van der Waals surface area (Å²) in [5.41, 5.74) is 2.22. The third-order valence-corrected chi connectivity index (χ3v) is 4.08. The number of nitrogens with one attached hydrogen (secondary N) is 1. The Bertz CT molecular complexity index is 818. The normalized spacial score (nSPS) is 13.2. The van der Waals surface area contributed by atoms with E-state index in [-0.39, 0.29) is 11.6 Å². The lowest BCUT2D eigenvalue weighted by atomic mass is 10.1. The molecule has 152 valence electrons. The van der Waals surface area contributed by atoms with Gasteiger partial charge in [-0.3, -0.25) is 10.1 Å². The van der Waals surface area contributed by atoms with Crippen LogP contribution in [-0.4, -0.2) is 49.5 Å². The quantitative estimate of drug-likeness (QED) is 0.429. The van der Waals surface area contributed by atoms with Crippen molar-refractivity contribution in [2.45, 2.75) is 39.8 Å². The first-order valence-electron chi connectivity index (χ1n) is 8.55. The Morgan fingerprint density at radius 3 is 2.46 bits per heavy atom. The Kier molecular flexibility index (Phi) is 8.41. The summed E-state index contributed by atoms with van der Waals surface area (Å²) in [5.74, 6) is -1.83. The number of methoxy groups -OCH3 is 2. The largest absolute Gasteiger partial charge is 0.453 e. The van der Waals surface area contributed by atoms with Crippen molar-refractivity contribution in [3.05, 3.63) is 28.6 Å². The maximum atomic E-state index is 12.3. The van der Waals surface area contributed by atoms with Gasteiger partial charge in [0.25, 0.3) is 5.91 Å². The molecule has 1 N–H and O–H groups in total. The molecule has 9 heteroatoms. The lowest BCUT2D eigenvalue weighted by molar-refractivity contribution is -0.150. The highest BCUT2D eigenvalue weighted by atomic mass is 16.6. The van der Waals surface area contributed by atoms with Gasteiger partial charge in [-0.25, -0.2) is 9.59 Å². The lowest BCUT2D eigenvalue weighted by Gasteiger charge is -2.17. The zero-order chi connectivity index (χ0) is 21.4. The SMILES string of the molecule is COC[C@H](C)n1c(C)cc(/C=C(\C#N)C(=O)O[C@H](C)C(=O)NC(=O)OC)c1C. The van der Waals surface area contributed by atoms with Gasteiger partial charge in [-0.2, -0.15) is 5.26 Å². The number of imide groups is 1. The van der Waals surface area contributed by atoms with Crippen LogP contribution >= 0.6 is 0 Å². The van der Waals surface area contributed by atoms with Crippen molar-refractivity contribution < 1.29 is 28.6 Å². The van der Waals surface area contributed by atoms with Crippen LogP contribution in [-0.2, 0) is 23.8 Å². The number of nitriles is 1. The highest BCUT2D eigenvalue weighted by molar-refractivity contribution is 6.00. The number of esters is 1. The first kappa shape index (κ1) is 22.9. The van der Waals surface area contributed by atoms with Crippen molar-refractivity contribution in [2.24, 2.45) is 0 Å². The molecule has 1 aromatic rings.